The molecule has 0 aromatic carbocycles. The number of H-pyrrole nitrogens is 1. The van der Waals surface area contributed by atoms with Gasteiger partial charge in [-0.2, -0.15) is 5.10 Å². The fourth-order valence-corrected chi connectivity index (χ4v) is 5.10. The molecule has 2 bridgehead atoms. The van der Waals surface area contributed by atoms with Gasteiger partial charge in [0, 0.05) is 81.2 Å². The molecular weight excluding hydrogens is 378 g/mol. The normalized spacial score (nSPS) is 21.2. The smallest absolute Gasteiger partial charge is 0.255 e. The molecule has 5 heterocycles. The summed E-state index contributed by atoms with van der Waals surface area (Å²) < 4.78 is 4.14. The average molecular weight is 408 g/mol. The topological polar surface area (TPSA) is 75.0 Å². The van der Waals surface area contributed by atoms with Crippen LogP contribution in [0, 0.1) is 5.92 Å². The van der Waals surface area contributed by atoms with Crippen molar-refractivity contribution in [2.45, 2.75) is 38.5 Å². The number of piperidine rings is 1. The number of pyridine rings is 1. The van der Waals surface area contributed by atoms with E-state index in [1.807, 2.05) is 38.6 Å². The number of nitrogens with one attached hydrogen (secondary N) is 1. The number of aromatic amines is 1. The molecule has 8 heteroatoms. The summed E-state index contributed by atoms with van der Waals surface area (Å²) in [6.45, 7) is 5.09. The molecule has 2 aliphatic heterocycles. The van der Waals surface area contributed by atoms with Gasteiger partial charge in [-0.1, -0.05) is 6.07 Å². The molecule has 30 heavy (non-hydrogen) atoms. The molecule has 0 aliphatic carbocycles. The summed E-state index contributed by atoms with van der Waals surface area (Å²) in [5.41, 5.74) is 3.29. The van der Waals surface area contributed by atoms with Crippen LogP contribution in [0.3, 0.4) is 0 Å². The first-order valence-electron chi connectivity index (χ1n) is 10.6. The Kier molecular flexibility index (Phi) is 5.04. The predicted molar refractivity (Wildman–Crippen MR) is 114 cm³/mol. The first-order valence-corrected chi connectivity index (χ1v) is 10.6. The Balaban J connectivity index is 1.32. The molecule has 0 unspecified atom stereocenters. The molecule has 0 radical (unpaired) electrons. The third-order valence-electron chi connectivity index (χ3n) is 6.48. The molecule has 5 rings (SSSR count). The number of fused-ring (bicyclic) bond motifs is 4. The van der Waals surface area contributed by atoms with Crippen LogP contribution in [-0.2, 0) is 33.2 Å². The SMILES string of the molecule is CN(Cc1ccn[nH]1)Cc1ccc2n(c1=O)C[C@H]1C[C@@H]2CN(Cc2nccn2C)C1. The molecule has 3 aromatic rings. The summed E-state index contributed by atoms with van der Waals surface area (Å²) in [5, 5.41) is 6.98. The van der Waals surface area contributed by atoms with E-state index in [0.29, 0.717) is 18.4 Å². The van der Waals surface area contributed by atoms with Crippen molar-refractivity contribution in [2.75, 3.05) is 20.1 Å². The molecule has 2 atom stereocenters. The molecule has 0 amide bonds. The number of rotatable bonds is 6. The fourth-order valence-electron chi connectivity index (χ4n) is 5.10. The van der Waals surface area contributed by atoms with Crippen molar-refractivity contribution in [3.63, 3.8) is 0 Å². The quantitative estimate of drug-likeness (QED) is 0.671. The Morgan fingerprint density at radius 3 is 2.83 bits per heavy atom. The highest BCUT2D eigenvalue weighted by atomic mass is 16.1. The molecule has 3 aromatic heterocycles. The van der Waals surface area contributed by atoms with E-state index in [1.54, 1.807) is 6.20 Å². The average Bonchev–Trinajstić information content (AvgIpc) is 3.36. The molecular formula is C22H29N7O. The summed E-state index contributed by atoms with van der Waals surface area (Å²) in [6, 6.07) is 6.19. The van der Waals surface area contributed by atoms with Crippen molar-refractivity contribution in [2.24, 2.45) is 13.0 Å². The molecule has 158 valence electrons. The van der Waals surface area contributed by atoms with Gasteiger partial charge in [0.2, 0.25) is 0 Å². The van der Waals surface area contributed by atoms with Crippen molar-refractivity contribution in [3.05, 3.63) is 69.9 Å². The lowest BCUT2D eigenvalue weighted by Crippen LogP contribution is -2.47. The number of aryl methyl sites for hydroxylation is 1. The molecule has 0 saturated carbocycles. The van der Waals surface area contributed by atoms with Gasteiger partial charge in [0.1, 0.15) is 5.82 Å². The lowest BCUT2D eigenvalue weighted by atomic mass is 9.83. The number of aromatic nitrogens is 5. The first kappa shape index (κ1) is 19.3. The summed E-state index contributed by atoms with van der Waals surface area (Å²) in [7, 11) is 4.08. The minimum atomic E-state index is 0.177. The summed E-state index contributed by atoms with van der Waals surface area (Å²) in [4.78, 5) is 22.4. The number of imidazole rings is 1. The second kappa shape index (κ2) is 7.85. The second-order valence-electron chi connectivity index (χ2n) is 8.90. The number of likely N-dealkylation sites (tertiary alicyclic amines) is 1. The Labute approximate surface area is 176 Å². The highest BCUT2D eigenvalue weighted by molar-refractivity contribution is 5.22. The van der Waals surface area contributed by atoms with Crippen molar-refractivity contribution in [3.8, 4) is 0 Å². The van der Waals surface area contributed by atoms with Gasteiger partial charge in [0.15, 0.2) is 0 Å². The van der Waals surface area contributed by atoms with Gasteiger partial charge in [0.25, 0.3) is 5.56 Å². The first-order chi connectivity index (χ1) is 14.6. The van der Waals surface area contributed by atoms with Crippen LogP contribution in [0.25, 0.3) is 0 Å². The minimum Gasteiger partial charge on any atom is -0.337 e. The minimum absolute atomic E-state index is 0.177. The van der Waals surface area contributed by atoms with Crippen LogP contribution in [0.5, 0.6) is 0 Å². The summed E-state index contributed by atoms with van der Waals surface area (Å²) in [5.74, 6) is 2.04. The van der Waals surface area contributed by atoms with Crippen LogP contribution in [-0.4, -0.2) is 54.3 Å². The maximum atomic E-state index is 13.3. The summed E-state index contributed by atoms with van der Waals surface area (Å²) in [6.07, 6.45) is 6.79. The zero-order chi connectivity index (χ0) is 20.7. The van der Waals surface area contributed by atoms with E-state index in [9.17, 15) is 4.79 Å². The third kappa shape index (κ3) is 3.73. The zero-order valence-electron chi connectivity index (χ0n) is 17.7. The van der Waals surface area contributed by atoms with E-state index < -0.39 is 0 Å². The van der Waals surface area contributed by atoms with Gasteiger partial charge >= 0.3 is 0 Å². The van der Waals surface area contributed by atoms with Gasteiger partial charge in [-0.05, 0) is 31.5 Å². The molecule has 0 spiro atoms. The van der Waals surface area contributed by atoms with E-state index >= 15 is 0 Å². The van der Waals surface area contributed by atoms with Crippen molar-refractivity contribution in [1.82, 2.24) is 34.1 Å². The number of nitrogens with zero attached hydrogens (tertiary/aromatic N) is 6. The third-order valence-corrected chi connectivity index (χ3v) is 6.48. The van der Waals surface area contributed by atoms with Crippen molar-refractivity contribution >= 4 is 0 Å². The highest BCUT2D eigenvalue weighted by Gasteiger charge is 2.35. The van der Waals surface area contributed by atoms with Crippen LogP contribution in [0.4, 0.5) is 0 Å². The highest BCUT2D eigenvalue weighted by Crippen LogP contribution is 2.35. The van der Waals surface area contributed by atoms with Gasteiger partial charge in [-0.15, -0.1) is 0 Å². The van der Waals surface area contributed by atoms with E-state index in [1.165, 1.54) is 12.1 Å². The number of hydrogen-bond acceptors (Lipinski definition) is 5. The van der Waals surface area contributed by atoms with Gasteiger partial charge in [-0.3, -0.25) is 19.7 Å². The molecule has 1 N–H and O–H groups in total. The van der Waals surface area contributed by atoms with Crippen LogP contribution in [0.15, 0.2) is 41.6 Å². The molecule has 1 saturated heterocycles. The van der Waals surface area contributed by atoms with Crippen LogP contribution in [0.1, 0.15) is 35.1 Å². The zero-order valence-corrected chi connectivity index (χ0v) is 17.7. The van der Waals surface area contributed by atoms with E-state index in [-0.39, 0.29) is 5.56 Å². The Morgan fingerprint density at radius 2 is 2.07 bits per heavy atom. The lowest BCUT2D eigenvalue weighted by molar-refractivity contribution is 0.111. The maximum absolute atomic E-state index is 13.3. The number of hydrogen-bond donors (Lipinski definition) is 1. The van der Waals surface area contributed by atoms with Crippen LogP contribution >= 0.6 is 0 Å². The Hall–Kier alpha value is -2.71. The van der Waals surface area contributed by atoms with E-state index in [4.69, 9.17) is 0 Å². The molecule has 8 nitrogen and oxygen atoms in total. The summed E-state index contributed by atoms with van der Waals surface area (Å²) >= 11 is 0. The second-order valence-corrected chi connectivity index (χ2v) is 8.90. The monoisotopic (exact) mass is 407 g/mol. The van der Waals surface area contributed by atoms with Crippen molar-refractivity contribution in [1.29, 1.82) is 0 Å². The molecule has 1 fully saturated rings. The van der Waals surface area contributed by atoms with Crippen LogP contribution < -0.4 is 5.56 Å². The van der Waals surface area contributed by atoms with Gasteiger partial charge in [-0.25, -0.2) is 4.98 Å². The van der Waals surface area contributed by atoms with Crippen molar-refractivity contribution < 1.29 is 0 Å². The molecule has 2 aliphatic rings. The van der Waals surface area contributed by atoms with E-state index in [0.717, 1.165) is 49.8 Å². The van der Waals surface area contributed by atoms with Gasteiger partial charge in [0.05, 0.1) is 6.54 Å². The van der Waals surface area contributed by atoms with Gasteiger partial charge < -0.3 is 9.13 Å². The predicted octanol–water partition coefficient (Wildman–Crippen LogP) is 1.56. The maximum Gasteiger partial charge on any atom is 0.255 e. The Morgan fingerprint density at radius 1 is 1.17 bits per heavy atom. The fraction of sp³-hybridized carbons (Fsp3) is 0.500. The largest absolute Gasteiger partial charge is 0.337 e. The van der Waals surface area contributed by atoms with E-state index in [2.05, 4.69) is 40.2 Å². The standard InChI is InChI=1S/C22H29N7O/c1-26(14-19-5-6-24-25-19)12-17-3-4-20-18-9-16(11-29(20)22(17)30)10-28(13-18)15-21-23-7-8-27(21)2/h3-8,16,18H,9-15H2,1-2H3,(H,24,25)/t16-,18+/m0/s1. The lowest BCUT2D eigenvalue weighted by Gasteiger charge is -2.42. The Bertz CT molecular complexity index is 1070. The van der Waals surface area contributed by atoms with Crippen LogP contribution in [0.2, 0.25) is 0 Å².